The summed E-state index contributed by atoms with van der Waals surface area (Å²) < 4.78 is 5.66. The SMILES string of the molecule is CCNc1nc(OC(C)C)nc(N(CC2CC2)C(C)C)n1. The zero-order valence-electron chi connectivity index (χ0n) is 13.8. The molecule has 1 N–H and O–H groups in total. The van der Waals surface area contributed by atoms with Crippen LogP contribution in [0.3, 0.4) is 0 Å². The van der Waals surface area contributed by atoms with Crippen LogP contribution in [-0.4, -0.2) is 40.2 Å². The molecule has 0 aliphatic heterocycles. The Kier molecular flexibility index (Phi) is 5.20. The Labute approximate surface area is 127 Å². The van der Waals surface area contributed by atoms with E-state index in [0.29, 0.717) is 23.9 Å². The smallest absolute Gasteiger partial charge is 0.323 e. The van der Waals surface area contributed by atoms with Crippen molar-refractivity contribution in [3.8, 4) is 6.01 Å². The van der Waals surface area contributed by atoms with E-state index in [-0.39, 0.29) is 6.10 Å². The summed E-state index contributed by atoms with van der Waals surface area (Å²) in [5.41, 5.74) is 0. The molecule has 0 amide bonds. The molecule has 6 nitrogen and oxygen atoms in total. The Morgan fingerprint density at radius 1 is 1.19 bits per heavy atom. The number of hydrogen-bond donors (Lipinski definition) is 1. The molecular formula is C15H27N5O. The quantitative estimate of drug-likeness (QED) is 0.795. The minimum atomic E-state index is 0.0469. The lowest BCUT2D eigenvalue weighted by Crippen LogP contribution is -2.34. The van der Waals surface area contributed by atoms with Gasteiger partial charge in [-0.3, -0.25) is 0 Å². The van der Waals surface area contributed by atoms with E-state index in [1.807, 2.05) is 20.8 Å². The van der Waals surface area contributed by atoms with Gasteiger partial charge < -0.3 is 15.0 Å². The molecule has 21 heavy (non-hydrogen) atoms. The highest BCUT2D eigenvalue weighted by molar-refractivity contribution is 5.39. The van der Waals surface area contributed by atoms with Crippen molar-refractivity contribution in [1.82, 2.24) is 15.0 Å². The summed E-state index contributed by atoms with van der Waals surface area (Å²) in [6.45, 7) is 12.1. The first kappa shape index (κ1) is 15.8. The van der Waals surface area contributed by atoms with E-state index in [2.05, 4.69) is 39.0 Å². The maximum absolute atomic E-state index is 5.66. The molecule has 0 bridgehead atoms. The maximum Gasteiger partial charge on any atom is 0.323 e. The van der Waals surface area contributed by atoms with Crippen molar-refractivity contribution in [3.05, 3.63) is 0 Å². The molecule has 1 fully saturated rings. The topological polar surface area (TPSA) is 63.2 Å². The predicted octanol–water partition coefficient (Wildman–Crippen LogP) is 2.72. The highest BCUT2D eigenvalue weighted by atomic mass is 16.5. The van der Waals surface area contributed by atoms with Crippen LogP contribution < -0.4 is 15.0 Å². The van der Waals surface area contributed by atoms with Crippen LogP contribution >= 0.6 is 0 Å². The number of hydrogen-bond acceptors (Lipinski definition) is 6. The standard InChI is InChI=1S/C15H27N5O/c1-6-16-13-17-14(19-15(18-13)21-11(4)5)20(10(2)3)9-12-7-8-12/h10-12H,6-9H2,1-5H3,(H,16,17,18,19). The molecule has 6 heteroatoms. The van der Waals surface area contributed by atoms with Gasteiger partial charge in [0.1, 0.15) is 0 Å². The van der Waals surface area contributed by atoms with Crippen LogP contribution in [0.15, 0.2) is 0 Å². The minimum absolute atomic E-state index is 0.0469. The zero-order chi connectivity index (χ0) is 15.4. The van der Waals surface area contributed by atoms with E-state index in [4.69, 9.17) is 4.74 Å². The molecule has 0 radical (unpaired) electrons. The van der Waals surface area contributed by atoms with Gasteiger partial charge >= 0.3 is 6.01 Å². The van der Waals surface area contributed by atoms with Gasteiger partial charge in [-0.2, -0.15) is 15.0 Å². The van der Waals surface area contributed by atoms with E-state index < -0.39 is 0 Å². The molecule has 2 rings (SSSR count). The second-order valence-electron chi connectivity index (χ2n) is 6.13. The molecule has 0 spiro atoms. The van der Waals surface area contributed by atoms with Gasteiger partial charge in [0.15, 0.2) is 0 Å². The largest absolute Gasteiger partial charge is 0.461 e. The summed E-state index contributed by atoms with van der Waals surface area (Å²) in [7, 11) is 0. The minimum Gasteiger partial charge on any atom is -0.461 e. The van der Waals surface area contributed by atoms with Crippen molar-refractivity contribution >= 4 is 11.9 Å². The van der Waals surface area contributed by atoms with Crippen LogP contribution in [0.5, 0.6) is 6.01 Å². The number of nitrogens with zero attached hydrogens (tertiary/aromatic N) is 4. The molecule has 1 aliphatic carbocycles. The first-order valence-electron chi connectivity index (χ1n) is 7.92. The number of rotatable bonds is 8. The molecular weight excluding hydrogens is 266 g/mol. The molecule has 0 aromatic carbocycles. The molecule has 1 aromatic rings. The van der Waals surface area contributed by atoms with Crippen molar-refractivity contribution in [2.45, 2.75) is 59.6 Å². The molecule has 0 atom stereocenters. The van der Waals surface area contributed by atoms with Crippen molar-refractivity contribution in [2.75, 3.05) is 23.3 Å². The summed E-state index contributed by atoms with van der Waals surface area (Å²) >= 11 is 0. The molecule has 118 valence electrons. The molecule has 0 unspecified atom stereocenters. The van der Waals surface area contributed by atoms with Crippen molar-refractivity contribution in [2.24, 2.45) is 5.92 Å². The van der Waals surface area contributed by atoms with E-state index in [9.17, 15) is 0 Å². The van der Waals surface area contributed by atoms with Crippen LogP contribution in [0.25, 0.3) is 0 Å². The fourth-order valence-electron chi connectivity index (χ4n) is 2.08. The Morgan fingerprint density at radius 3 is 2.43 bits per heavy atom. The Balaban J connectivity index is 2.26. The third kappa shape index (κ3) is 4.72. The summed E-state index contributed by atoms with van der Waals surface area (Å²) in [4.78, 5) is 15.6. The van der Waals surface area contributed by atoms with Gasteiger partial charge in [-0.25, -0.2) is 0 Å². The number of anilines is 2. The lowest BCUT2D eigenvalue weighted by atomic mass is 10.3. The normalized spacial score (nSPS) is 14.6. The van der Waals surface area contributed by atoms with Gasteiger partial charge in [-0.15, -0.1) is 0 Å². The average Bonchev–Trinajstić information content (AvgIpc) is 3.18. The maximum atomic E-state index is 5.66. The van der Waals surface area contributed by atoms with Gasteiger partial charge in [0, 0.05) is 19.1 Å². The fraction of sp³-hybridized carbons (Fsp3) is 0.800. The third-order valence-corrected chi connectivity index (χ3v) is 3.31. The highest BCUT2D eigenvalue weighted by Crippen LogP contribution is 2.31. The van der Waals surface area contributed by atoms with Crippen LogP contribution in [-0.2, 0) is 0 Å². The van der Waals surface area contributed by atoms with Crippen LogP contribution in [0.4, 0.5) is 11.9 Å². The summed E-state index contributed by atoms with van der Waals surface area (Å²) in [5, 5.41) is 3.16. The number of ether oxygens (including phenoxy) is 1. The molecule has 1 aliphatic rings. The van der Waals surface area contributed by atoms with E-state index in [0.717, 1.165) is 19.0 Å². The summed E-state index contributed by atoms with van der Waals surface area (Å²) in [6.07, 6.45) is 2.67. The first-order valence-corrected chi connectivity index (χ1v) is 7.92. The number of aromatic nitrogens is 3. The Morgan fingerprint density at radius 2 is 1.90 bits per heavy atom. The zero-order valence-corrected chi connectivity index (χ0v) is 13.8. The van der Waals surface area contributed by atoms with Gasteiger partial charge in [0.2, 0.25) is 11.9 Å². The summed E-state index contributed by atoms with van der Waals surface area (Å²) in [5.74, 6) is 2.07. The van der Waals surface area contributed by atoms with Gasteiger partial charge in [-0.1, -0.05) is 0 Å². The van der Waals surface area contributed by atoms with Crippen LogP contribution in [0.2, 0.25) is 0 Å². The van der Waals surface area contributed by atoms with Crippen molar-refractivity contribution in [1.29, 1.82) is 0 Å². The predicted molar refractivity (Wildman–Crippen MR) is 85.0 cm³/mol. The van der Waals surface area contributed by atoms with E-state index in [1.165, 1.54) is 12.8 Å². The molecule has 1 saturated carbocycles. The lowest BCUT2D eigenvalue weighted by Gasteiger charge is -2.27. The monoisotopic (exact) mass is 293 g/mol. The average molecular weight is 293 g/mol. The lowest BCUT2D eigenvalue weighted by molar-refractivity contribution is 0.222. The highest BCUT2D eigenvalue weighted by Gasteiger charge is 2.27. The summed E-state index contributed by atoms with van der Waals surface area (Å²) in [6, 6.07) is 0.752. The molecule has 1 aromatic heterocycles. The molecule has 1 heterocycles. The Bertz CT molecular complexity index is 459. The Hall–Kier alpha value is -1.59. The second kappa shape index (κ2) is 6.91. The van der Waals surface area contributed by atoms with Crippen molar-refractivity contribution in [3.63, 3.8) is 0 Å². The van der Waals surface area contributed by atoms with Gasteiger partial charge in [0.05, 0.1) is 6.10 Å². The first-order chi connectivity index (χ1) is 9.99. The van der Waals surface area contributed by atoms with Gasteiger partial charge in [-0.05, 0) is 53.4 Å². The van der Waals surface area contributed by atoms with Crippen molar-refractivity contribution < 1.29 is 4.74 Å². The fourth-order valence-corrected chi connectivity index (χ4v) is 2.08. The van der Waals surface area contributed by atoms with Crippen LogP contribution in [0, 0.1) is 5.92 Å². The second-order valence-corrected chi connectivity index (χ2v) is 6.13. The van der Waals surface area contributed by atoms with E-state index in [1.54, 1.807) is 0 Å². The number of nitrogens with one attached hydrogen (secondary N) is 1. The molecule has 0 saturated heterocycles. The van der Waals surface area contributed by atoms with E-state index >= 15 is 0 Å². The van der Waals surface area contributed by atoms with Crippen LogP contribution in [0.1, 0.15) is 47.5 Å². The third-order valence-electron chi connectivity index (χ3n) is 3.31. The van der Waals surface area contributed by atoms with Gasteiger partial charge in [0.25, 0.3) is 0 Å².